The molecule has 7 aromatic carbocycles. The van der Waals surface area contributed by atoms with Crippen LogP contribution in [0.5, 0.6) is 23.0 Å². The molecule has 0 aliphatic rings. The second kappa shape index (κ2) is 12.8. The summed E-state index contributed by atoms with van der Waals surface area (Å²) in [6.45, 7) is 0. The van der Waals surface area contributed by atoms with Crippen molar-refractivity contribution < 1.29 is 9.47 Å². The van der Waals surface area contributed by atoms with E-state index >= 15 is 0 Å². The lowest BCUT2D eigenvalue weighted by molar-refractivity contribution is 0.462. The van der Waals surface area contributed by atoms with Crippen molar-refractivity contribution in [2.45, 2.75) is 0 Å². The molecular formula is C42H32N2O2. The number of rotatable bonds is 8. The third kappa shape index (κ3) is 6.05. The molecule has 0 unspecified atom stereocenters. The van der Waals surface area contributed by atoms with Gasteiger partial charge in [0.25, 0.3) is 0 Å². The summed E-state index contributed by atoms with van der Waals surface area (Å²) in [4.78, 5) is 0. The van der Waals surface area contributed by atoms with E-state index in [4.69, 9.17) is 20.9 Å². The second-order valence-corrected chi connectivity index (χ2v) is 11.0. The summed E-state index contributed by atoms with van der Waals surface area (Å²) in [7, 11) is 0. The number of nitrogen functional groups attached to an aromatic ring is 2. The normalized spacial score (nSPS) is 10.8. The Hall–Kier alpha value is -6.26. The van der Waals surface area contributed by atoms with E-state index in [1.807, 2.05) is 121 Å². The van der Waals surface area contributed by atoms with Gasteiger partial charge in [-0.3, -0.25) is 0 Å². The maximum Gasteiger partial charge on any atom is 0.135 e. The van der Waals surface area contributed by atoms with Gasteiger partial charge in [0.2, 0.25) is 0 Å². The molecule has 4 heteroatoms. The average Bonchev–Trinajstić information content (AvgIpc) is 3.10. The van der Waals surface area contributed by atoms with Crippen molar-refractivity contribution in [3.63, 3.8) is 0 Å². The Morgan fingerprint density at radius 1 is 0.304 bits per heavy atom. The van der Waals surface area contributed by atoms with Gasteiger partial charge in [-0.15, -0.1) is 0 Å². The predicted octanol–water partition coefficient (Wildman–Crippen LogP) is 11.1. The molecule has 0 atom stereocenters. The summed E-state index contributed by atoms with van der Waals surface area (Å²) in [5, 5.41) is 0. The zero-order valence-electron chi connectivity index (χ0n) is 25.1. The van der Waals surface area contributed by atoms with E-state index in [0.29, 0.717) is 34.4 Å². The first kappa shape index (κ1) is 28.5. The fraction of sp³-hybridized carbons (Fsp3) is 0. The van der Waals surface area contributed by atoms with Crippen LogP contribution in [0.25, 0.3) is 44.5 Å². The molecule has 4 nitrogen and oxygen atoms in total. The van der Waals surface area contributed by atoms with E-state index < -0.39 is 0 Å². The molecule has 0 radical (unpaired) electrons. The number of hydrogen-bond acceptors (Lipinski definition) is 4. The van der Waals surface area contributed by atoms with Crippen LogP contribution >= 0.6 is 0 Å². The molecule has 0 fully saturated rings. The van der Waals surface area contributed by atoms with Crippen LogP contribution in [0.4, 0.5) is 11.4 Å². The van der Waals surface area contributed by atoms with Crippen molar-refractivity contribution in [3.8, 4) is 67.5 Å². The van der Waals surface area contributed by atoms with Gasteiger partial charge in [0.05, 0.1) is 0 Å². The molecule has 0 amide bonds. The third-order valence-corrected chi connectivity index (χ3v) is 7.93. The van der Waals surface area contributed by atoms with E-state index in [1.54, 1.807) is 0 Å². The number of para-hydroxylation sites is 2. The van der Waals surface area contributed by atoms with Crippen LogP contribution in [0.15, 0.2) is 170 Å². The van der Waals surface area contributed by atoms with E-state index in [1.165, 1.54) is 0 Å². The molecule has 46 heavy (non-hydrogen) atoms. The first-order chi connectivity index (χ1) is 22.6. The Balaban J connectivity index is 1.14. The fourth-order valence-electron chi connectivity index (χ4n) is 5.65. The molecule has 0 spiro atoms. The van der Waals surface area contributed by atoms with Crippen LogP contribution in [-0.4, -0.2) is 0 Å². The lowest BCUT2D eigenvalue weighted by Gasteiger charge is -2.16. The minimum Gasteiger partial charge on any atom is -0.457 e. The molecule has 7 aromatic rings. The number of ether oxygens (including phenoxy) is 2. The van der Waals surface area contributed by atoms with Gasteiger partial charge in [-0.1, -0.05) is 127 Å². The highest BCUT2D eigenvalue weighted by atomic mass is 16.5. The minimum absolute atomic E-state index is 0.647. The van der Waals surface area contributed by atoms with Crippen LogP contribution in [0.1, 0.15) is 0 Å². The standard InChI is InChI=1S/C42H32N2O2/c43-39-26-31(29-12-3-1-4-13-29)22-24-35(39)37-18-7-9-20-41(37)45-33-16-11-17-34(28-33)46-42-21-10-8-19-38(42)36-25-23-32(27-40(36)44)30-14-5-2-6-15-30/h1-28H,43-44H2. The van der Waals surface area contributed by atoms with Gasteiger partial charge in [0.15, 0.2) is 0 Å². The summed E-state index contributed by atoms with van der Waals surface area (Å²) in [6.07, 6.45) is 0. The quantitative estimate of drug-likeness (QED) is 0.171. The van der Waals surface area contributed by atoms with Crippen molar-refractivity contribution in [3.05, 3.63) is 170 Å². The monoisotopic (exact) mass is 596 g/mol. The van der Waals surface area contributed by atoms with Crippen LogP contribution in [0.3, 0.4) is 0 Å². The van der Waals surface area contributed by atoms with Crippen molar-refractivity contribution in [1.82, 2.24) is 0 Å². The highest BCUT2D eigenvalue weighted by molar-refractivity contribution is 5.85. The maximum atomic E-state index is 6.59. The molecule has 0 saturated carbocycles. The minimum atomic E-state index is 0.647. The van der Waals surface area contributed by atoms with Crippen molar-refractivity contribution in [2.75, 3.05) is 11.5 Å². The molecule has 0 aliphatic heterocycles. The topological polar surface area (TPSA) is 70.5 Å². The van der Waals surface area contributed by atoms with Crippen molar-refractivity contribution in [2.24, 2.45) is 0 Å². The first-order valence-electron chi connectivity index (χ1n) is 15.2. The molecule has 0 heterocycles. The predicted molar refractivity (Wildman–Crippen MR) is 190 cm³/mol. The summed E-state index contributed by atoms with van der Waals surface area (Å²) in [5.74, 6) is 2.69. The van der Waals surface area contributed by atoms with Crippen LogP contribution in [-0.2, 0) is 0 Å². The van der Waals surface area contributed by atoms with E-state index in [0.717, 1.165) is 44.5 Å². The van der Waals surface area contributed by atoms with Crippen LogP contribution in [0, 0.1) is 0 Å². The number of benzene rings is 7. The van der Waals surface area contributed by atoms with Gasteiger partial charge < -0.3 is 20.9 Å². The van der Waals surface area contributed by atoms with Gasteiger partial charge in [0, 0.05) is 39.7 Å². The van der Waals surface area contributed by atoms with Gasteiger partial charge in [0.1, 0.15) is 23.0 Å². The summed E-state index contributed by atoms with van der Waals surface area (Å²) >= 11 is 0. The highest BCUT2D eigenvalue weighted by Gasteiger charge is 2.14. The van der Waals surface area contributed by atoms with Crippen molar-refractivity contribution >= 4 is 11.4 Å². The van der Waals surface area contributed by atoms with Gasteiger partial charge in [-0.25, -0.2) is 0 Å². The largest absolute Gasteiger partial charge is 0.457 e. The summed E-state index contributed by atoms with van der Waals surface area (Å²) in [6, 6.07) is 56.2. The average molecular weight is 597 g/mol. The number of nitrogens with two attached hydrogens (primary N) is 2. The summed E-state index contributed by atoms with van der Waals surface area (Å²) in [5.41, 5.74) is 22.6. The molecule has 0 saturated heterocycles. The molecule has 4 N–H and O–H groups in total. The van der Waals surface area contributed by atoms with Crippen LogP contribution < -0.4 is 20.9 Å². The summed E-state index contributed by atoms with van der Waals surface area (Å²) < 4.78 is 12.9. The van der Waals surface area contributed by atoms with Gasteiger partial charge >= 0.3 is 0 Å². The fourth-order valence-corrected chi connectivity index (χ4v) is 5.65. The lowest BCUT2D eigenvalue weighted by Crippen LogP contribution is -1.95. The SMILES string of the molecule is Nc1cc(-c2ccccc2)ccc1-c1ccccc1Oc1cccc(Oc2ccccc2-c2ccc(-c3ccccc3)cc2N)c1. The zero-order valence-corrected chi connectivity index (χ0v) is 25.1. The number of anilines is 2. The Morgan fingerprint density at radius 2 is 0.717 bits per heavy atom. The Kier molecular flexibility index (Phi) is 7.91. The smallest absolute Gasteiger partial charge is 0.135 e. The first-order valence-corrected chi connectivity index (χ1v) is 15.2. The van der Waals surface area contributed by atoms with Gasteiger partial charge in [-0.05, 0) is 58.7 Å². The number of hydrogen-bond donors (Lipinski definition) is 2. The van der Waals surface area contributed by atoms with E-state index in [9.17, 15) is 0 Å². The molecular weight excluding hydrogens is 564 g/mol. The Morgan fingerprint density at radius 3 is 1.15 bits per heavy atom. The highest BCUT2D eigenvalue weighted by Crippen LogP contribution is 2.41. The van der Waals surface area contributed by atoms with Gasteiger partial charge in [-0.2, -0.15) is 0 Å². The third-order valence-electron chi connectivity index (χ3n) is 7.93. The molecule has 0 aliphatic carbocycles. The molecule has 7 rings (SSSR count). The Bertz CT molecular complexity index is 1980. The molecule has 0 aromatic heterocycles. The lowest BCUT2D eigenvalue weighted by atomic mass is 9.98. The van der Waals surface area contributed by atoms with Crippen molar-refractivity contribution in [1.29, 1.82) is 0 Å². The van der Waals surface area contributed by atoms with E-state index in [2.05, 4.69) is 48.5 Å². The Labute approximate surface area is 269 Å². The van der Waals surface area contributed by atoms with E-state index in [-0.39, 0.29) is 0 Å². The maximum absolute atomic E-state index is 6.59. The van der Waals surface area contributed by atoms with Crippen LogP contribution in [0.2, 0.25) is 0 Å². The molecule has 0 bridgehead atoms. The zero-order chi connectivity index (χ0) is 31.3. The molecule has 222 valence electrons. The second-order valence-electron chi connectivity index (χ2n) is 11.0.